The van der Waals surface area contributed by atoms with Crippen LogP contribution in [0, 0.1) is 12.8 Å². The zero-order chi connectivity index (χ0) is 18.5. The second-order valence-corrected chi connectivity index (χ2v) is 8.96. The molecule has 0 spiro atoms. The molecule has 0 N–H and O–H groups in total. The Morgan fingerprint density at radius 3 is 2.85 bits per heavy atom. The summed E-state index contributed by atoms with van der Waals surface area (Å²) in [6.07, 6.45) is 2.91. The van der Waals surface area contributed by atoms with Crippen LogP contribution in [0.5, 0.6) is 0 Å². The molecule has 0 radical (unpaired) electrons. The lowest BCUT2D eigenvalue weighted by molar-refractivity contribution is 0.0490. The van der Waals surface area contributed by atoms with E-state index in [1.54, 1.807) is 9.30 Å². The maximum Gasteiger partial charge on any atom is 0.272 e. The van der Waals surface area contributed by atoms with Gasteiger partial charge >= 0.3 is 0 Å². The highest BCUT2D eigenvalue weighted by molar-refractivity contribution is 7.88. The van der Waals surface area contributed by atoms with Crippen molar-refractivity contribution in [2.24, 2.45) is 5.92 Å². The normalized spacial score (nSPS) is 24.6. The summed E-state index contributed by atoms with van der Waals surface area (Å²) in [4.78, 5) is 19.3. The number of pyridine rings is 1. The van der Waals surface area contributed by atoms with E-state index in [9.17, 15) is 13.2 Å². The zero-order valence-corrected chi connectivity index (χ0v) is 15.6. The zero-order valence-electron chi connectivity index (χ0n) is 14.8. The summed E-state index contributed by atoms with van der Waals surface area (Å²) in [5.41, 5.74) is 1.98. The largest absolute Gasteiger partial charge is 0.375 e. The van der Waals surface area contributed by atoms with E-state index in [1.807, 2.05) is 31.3 Å². The fourth-order valence-electron chi connectivity index (χ4n) is 3.85. The van der Waals surface area contributed by atoms with Gasteiger partial charge in [-0.05, 0) is 19.1 Å². The van der Waals surface area contributed by atoms with Crippen LogP contribution in [-0.4, -0.2) is 78.1 Å². The highest BCUT2D eigenvalue weighted by Crippen LogP contribution is 2.26. The molecule has 0 bridgehead atoms. The Kier molecular flexibility index (Phi) is 4.25. The second-order valence-electron chi connectivity index (χ2n) is 6.98. The monoisotopic (exact) mass is 378 g/mol. The quantitative estimate of drug-likeness (QED) is 0.754. The van der Waals surface area contributed by atoms with Crippen molar-refractivity contribution in [2.45, 2.75) is 13.0 Å². The van der Waals surface area contributed by atoms with E-state index in [0.29, 0.717) is 44.2 Å². The molecule has 2 aromatic rings. The Morgan fingerprint density at radius 1 is 1.27 bits per heavy atom. The van der Waals surface area contributed by atoms with Gasteiger partial charge in [-0.25, -0.2) is 13.4 Å². The summed E-state index contributed by atoms with van der Waals surface area (Å²) in [5, 5.41) is 0. The van der Waals surface area contributed by atoms with Crippen LogP contribution in [0.1, 0.15) is 16.2 Å². The summed E-state index contributed by atoms with van der Waals surface area (Å²) in [6.45, 7) is 3.89. The number of aromatic nitrogens is 2. The van der Waals surface area contributed by atoms with Crippen LogP contribution in [0.25, 0.3) is 5.65 Å². The van der Waals surface area contributed by atoms with Crippen molar-refractivity contribution in [3.05, 3.63) is 35.8 Å². The highest BCUT2D eigenvalue weighted by atomic mass is 32.2. The minimum atomic E-state index is -3.27. The number of carbonyl (C=O) groups excluding carboxylic acids is 1. The maximum absolute atomic E-state index is 13.1. The number of carbonyl (C=O) groups is 1. The standard InChI is InChI=1S/C17H22N4O4S/c1-12-16(21-6-4-3-5-15(21)18-12)17(22)19-9-13-10-20(26(2,23)24)7-8-25-14(13)11-19/h3-6,13-14H,7-11H2,1-2H3/t13-,14-/m1/s1. The lowest BCUT2D eigenvalue weighted by Gasteiger charge is -2.21. The minimum Gasteiger partial charge on any atom is -0.375 e. The van der Waals surface area contributed by atoms with Gasteiger partial charge in [0, 0.05) is 38.3 Å². The molecule has 2 aliphatic heterocycles. The van der Waals surface area contributed by atoms with Crippen LogP contribution in [0.4, 0.5) is 0 Å². The lowest BCUT2D eigenvalue weighted by Crippen LogP contribution is -2.37. The van der Waals surface area contributed by atoms with Gasteiger partial charge in [0.05, 0.1) is 24.7 Å². The first-order chi connectivity index (χ1) is 12.3. The number of rotatable bonds is 2. The van der Waals surface area contributed by atoms with Crippen molar-refractivity contribution in [1.29, 1.82) is 0 Å². The summed E-state index contributed by atoms with van der Waals surface area (Å²) in [6, 6.07) is 5.62. The predicted octanol–water partition coefficient (Wildman–Crippen LogP) is 0.375. The molecule has 2 saturated heterocycles. The molecule has 140 valence electrons. The third-order valence-corrected chi connectivity index (χ3v) is 6.42. The van der Waals surface area contributed by atoms with Gasteiger partial charge in [0.1, 0.15) is 11.3 Å². The fraction of sp³-hybridized carbons (Fsp3) is 0.529. The van der Waals surface area contributed by atoms with Crippen LogP contribution in [-0.2, 0) is 14.8 Å². The summed E-state index contributed by atoms with van der Waals surface area (Å²) >= 11 is 0. The third-order valence-electron chi connectivity index (χ3n) is 5.15. The van der Waals surface area contributed by atoms with Crippen molar-refractivity contribution >= 4 is 21.6 Å². The van der Waals surface area contributed by atoms with Gasteiger partial charge in [-0.15, -0.1) is 0 Å². The molecule has 0 aliphatic carbocycles. The number of amides is 1. The highest BCUT2D eigenvalue weighted by Gasteiger charge is 2.41. The number of imidazole rings is 1. The maximum atomic E-state index is 13.1. The number of sulfonamides is 1. The van der Waals surface area contributed by atoms with E-state index >= 15 is 0 Å². The molecule has 26 heavy (non-hydrogen) atoms. The van der Waals surface area contributed by atoms with Gasteiger partial charge in [-0.3, -0.25) is 9.20 Å². The molecule has 2 atom stereocenters. The molecule has 9 heteroatoms. The van der Waals surface area contributed by atoms with Crippen LogP contribution in [0.3, 0.4) is 0 Å². The average Bonchev–Trinajstić information content (AvgIpc) is 3.06. The van der Waals surface area contributed by atoms with E-state index in [-0.39, 0.29) is 17.9 Å². The molecule has 0 aromatic carbocycles. The second kappa shape index (κ2) is 6.33. The summed E-state index contributed by atoms with van der Waals surface area (Å²) < 4.78 is 32.9. The molecule has 2 aliphatic rings. The van der Waals surface area contributed by atoms with Crippen molar-refractivity contribution in [3.63, 3.8) is 0 Å². The Hall–Kier alpha value is -1.97. The van der Waals surface area contributed by atoms with E-state index in [4.69, 9.17) is 4.74 Å². The summed E-state index contributed by atoms with van der Waals surface area (Å²) in [7, 11) is -3.27. The van der Waals surface area contributed by atoms with Crippen molar-refractivity contribution in [1.82, 2.24) is 18.6 Å². The number of likely N-dealkylation sites (tertiary alicyclic amines) is 1. The number of hydrogen-bond donors (Lipinski definition) is 0. The number of hydrogen-bond acceptors (Lipinski definition) is 5. The molecule has 4 rings (SSSR count). The number of aryl methyl sites for hydroxylation is 1. The Balaban J connectivity index is 1.58. The average molecular weight is 378 g/mol. The molecule has 8 nitrogen and oxygen atoms in total. The predicted molar refractivity (Wildman–Crippen MR) is 95.5 cm³/mol. The van der Waals surface area contributed by atoms with Gasteiger partial charge < -0.3 is 9.64 Å². The van der Waals surface area contributed by atoms with Crippen LogP contribution < -0.4 is 0 Å². The van der Waals surface area contributed by atoms with Crippen LogP contribution >= 0.6 is 0 Å². The SMILES string of the molecule is Cc1nc2ccccn2c1C(=O)N1C[C@@H]2CN(S(C)(=O)=O)CCO[C@@H]2C1. The number of fused-ring (bicyclic) bond motifs is 2. The number of ether oxygens (including phenoxy) is 1. The topological polar surface area (TPSA) is 84.2 Å². The van der Waals surface area contributed by atoms with Gasteiger partial charge in [0.2, 0.25) is 10.0 Å². The van der Waals surface area contributed by atoms with Crippen molar-refractivity contribution in [3.8, 4) is 0 Å². The first kappa shape index (κ1) is 17.4. The molecule has 0 unspecified atom stereocenters. The lowest BCUT2D eigenvalue weighted by atomic mass is 10.1. The van der Waals surface area contributed by atoms with E-state index in [1.165, 1.54) is 10.6 Å². The van der Waals surface area contributed by atoms with Gasteiger partial charge in [0.25, 0.3) is 5.91 Å². The molecule has 2 aromatic heterocycles. The molecular formula is C17H22N4O4S. The Bertz CT molecular complexity index is 955. The smallest absolute Gasteiger partial charge is 0.272 e. The molecule has 0 saturated carbocycles. The Labute approximate surface area is 152 Å². The van der Waals surface area contributed by atoms with Crippen molar-refractivity contribution < 1.29 is 17.9 Å². The molecule has 4 heterocycles. The Morgan fingerprint density at radius 2 is 2.08 bits per heavy atom. The molecule has 2 fully saturated rings. The first-order valence-corrected chi connectivity index (χ1v) is 10.5. The van der Waals surface area contributed by atoms with Gasteiger partial charge in [0.15, 0.2) is 0 Å². The fourth-order valence-corrected chi connectivity index (χ4v) is 4.72. The van der Waals surface area contributed by atoms with E-state index in [0.717, 1.165) is 5.65 Å². The van der Waals surface area contributed by atoms with Crippen LogP contribution in [0.15, 0.2) is 24.4 Å². The first-order valence-electron chi connectivity index (χ1n) is 8.64. The number of nitrogens with zero attached hydrogens (tertiary/aromatic N) is 4. The molecule has 1 amide bonds. The summed E-state index contributed by atoms with van der Waals surface area (Å²) in [5.74, 6) is -0.112. The third kappa shape index (κ3) is 3.00. The molecular weight excluding hydrogens is 356 g/mol. The van der Waals surface area contributed by atoms with E-state index in [2.05, 4.69) is 4.98 Å². The van der Waals surface area contributed by atoms with Gasteiger partial charge in [-0.1, -0.05) is 6.07 Å². The van der Waals surface area contributed by atoms with Crippen molar-refractivity contribution in [2.75, 3.05) is 39.0 Å². The minimum absolute atomic E-state index is 0.0179. The van der Waals surface area contributed by atoms with Crippen LogP contribution in [0.2, 0.25) is 0 Å². The van der Waals surface area contributed by atoms with Gasteiger partial charge in [-0.2, -0.15) is 4.31 Å². The van der Waals surface area contributed by atoms with E-state index < -0.39 is 10.0 Å².